The highest BCUT2D eigenvalue weighted by atomic mass is 16.3. The van der Waals surface area contributed by atoms with Crippen LogP contribution >= 0.6 is 0 Å². The highest BCUT2D eigenvalue weighted by Gasteiger charge is 2.38. The van der Waals surface area contributed by atoms with Gasteiger partial charge in [-0.1, -0.05) is 6.92 Å². The molecular weight excluding hydrogens is 290 g/mol. The van der Waals surface area contributed by atoms with Crippen molar-refractivity contribution < 1.29 is 9.21 Å². The second-order valence-corrected chi connectivity index (χ2v) is 7.06. The van der Waals surface area contributed by atoms with E-state index in [0.717, 1.165) is 36.0 Å². The molecule has 0 radical (unpaired) electrons. The fourth-order valence-corrected chi connectivity index (χ4v) is 3.18. The van der Waals surface area contributed by atoms with E-state index < -0.39 is 0 Å². The lowest BCUT2D eigenvalue weighted by Crippen LogP contribution is -2.32. The number of hydrogen-bond donors (Lipinski definition) is 0. The van der Waals surface area contributed by atoms with Crippen molar-refractivity contribution >= 4 is 5.91 Å². The fourth-order valence-electron chi connectivity index (χ4n) is 3.18. The van der Waals surface area contributed by atoms with E-state index in [1.807, 2.05) is 24.9 Å². The van der Waals surface area contributed by atoms with Gasteiger partial charge in [-0.25, -0.2) is 0 Å². The van der Waals surface area contributed by atoms with Crippen LogP contribution in [0.25, 0.3) is 0 Å². The number of rotatable bonds is 5. The van der Waals surface area contributed by atoms with Gasteiger partial charge in [-0.2, -0.15) is 5.10 Å². The summed E-state index contributed by atoms with van der Waals surface area (Å²) in [6, 6.07) is 4.45. The molecule has 0 bridgehead atoms. The molecular formula is C18H23N3O2. The number of hydrogen-bond acceptors (Lipinski definition) is 3. The lowest BCUT2D eigenvalue weighted by molar-refractivity contribution is 0.0716. The fraction of sp³-hybridized carbons (Fsp3) is 0.556. The lowest BCUT2D eigenvalue weighted by Gasteiger charge is -2.21. The molecule has 4 rings (SSSR count). The van der Waals surface area contributed by atoms with Crippen molar-refractivity contribution in [2.24, 2.45) is 13.0 Å². The van der Waals surface area contributed by atoms with Gasteiger partial charge in [0.15, 0.2) is 0 Å². The van der Waals surface area contributed by atoms with Gasteiger partial charge in [-0.3, -0.25) is 9.48 Å². The van der Waals surface area contributed by atoms with E-state index in [4.69, 9.17) is 4.42 Å². The molecule has 2 aromatic rings. The molecule has 2 aliphatic rings. The van der Waals surface area contributed by atoms with Crippen LogP contribution in [0.3, 0.4) is 0 Å². The first-order chi connectivity index (χ1) is 11.0. The molecule has 5 nitrogen and oxygen atoms in total. The van der Waals surface area contributed by atoms with Crippen molar-refractivity contribution in [1.29, 1.82) is 0 Å². The van der Waals surface area contributed by atoms with Crippen molar-refractivity contribution in [3.8, 4) is 0 Å². The van der Waals surface area contributed by atoms with E-state index in [9.17, 15) is 4.79 Å². The standard InChI is InChI=1S/C18H23N3O2/c1-11-8-15(11)17-7-6-14(23-17)10-21(13-4-5-13)18(22)16-9-19-20(3)12(16)2/h6-7,9,11,13,15H,4-5,8,10H2,1-3H3/t11-,15+/m0/s1. The molecule has 0 N–H and O–H groups in total. The van der Waals surface area contributed by atoms with Gasteiger partial charge in [0.05, 0.1) is 18.3 Å². The Morgan fingerprint density at radius 3 is 2.74 bits per heavy atom. The smallest absolute Gasteiger partial charge is 0.257 e. The minimum Gasteiger partial charge on any atom is -0.464 e. The number of carbonyl (C=O) groups excluding carboxylic acids is 1. The molecule has 23 heavy (non-hydrogen) atoms. The topological polar surface area (TPSA) is 51.3 Å². The Bertz CT molecular complexity index is 741. The molecule has 0 unspecified atom stereocenters. The van der Waals surface area contributed by atoms with Crippen molar-refractivity contribution in [3.05, 3.63) is 41.1 Å². The van der Waals surface area contributed by atoms with Crippen LogP contribution in [0.5, 0.6) is 0 Å². The molecule has 2 heterocycles. The number of aromatic nitrogens is 2. The molecule has 2 saturated carbocycles. The minimum absolute atomic E-state index is 0.0656. The predicted molar refractivity (Wildman–Crippen MR) is 86.1 cm³/mol. The first-order valence-electron chi connectivity index (χ1n) is 8.42. The third-order valence-corrected chi connectivity index (χ3v) is 5.20. The van der Waals surface area contributed by atoms with Crippen LogP contribution in [0.2, 0.25) is 0 Å². The second kappa shape index (κ2) is 5.25. The average Bonchev–Trinajstić information content (AvgIpc) is 3.42. The van der Waals surface area contributed by atoms with Gasteiger partial charge < -0.3 is 9.32 Å². The van der Waals surface area contributed by atoms with E-state index in [2.05, 4.69) is 18.1 Å². The summed E-state index contributed by atoms with van der Waals surface area (Å²) in [5.41, 5.74) is 1.61. The SMILES string of the molecule is Cc1c(C(=O)N(Cc2ccc([C@@H]3C[C@@H]3C)o2)C2CC2)cnn1C. The molecule has 0 aliphatic heterocycles. The van der Waals surface area contributed by atoms with Crippen LogP contribution in [0.4, 0.5) is 0 Å². The number of furan rings is 1. The van der Waals surface area contributed by atoms with Gasteiger partial charge in [0.25, 0.3) is 5.91 Å². The van der Waals surface area contributed by atoms with Crippen LogP contribution < -0.4 is 0 Å². The van der Waals surface area contributed by atoms with Crippen LogP contribution in [-0.4, -0.2) is 26.6 Å². The molecule has 1 amide bonds. The molecule has 0 aromatic carbocycles. The van der Waals surface area contributed by atoms with Crippen LogP contribution in [0, 0.1) is 12.8 Å². The highest BCUT2D eigenvalue weighted by Crippen LogP contribution is 2.47. The summed E-state index contributed by atoms with van der Waals surface area (Å²) in [5, 5.41) is 4.20. The maximum atomic E-state index is 12.9. The van der Waals surface area contributed by atoms with E-state index in [0.29, 0.717) is 24.1 Å². The van der Waals surface area contributed by atoms with Gasteiger partial charge in [0.1, 0.15) is 11.5 Å². The summed E-state index contributed by atoms with van der Waals surface area (Å²) in [6.45, 7) is 4.74. The minimum atomic E-state index is 0.0656. The molecule has 2 aromatic heterocycles. The zero-order valence-electron chi connectivity index (χ0n) is 14.0. The van der Waals surface area contributed by atoms with Crippen molar-refractivity contribution in [1.82, 2.24) is 14.7 Å². The van der Waals surface area contributed by atoms with Gasteiger partial charge >= 0.3 is 0 Å². The molecule has 0 spiro atoms. The Balaban J connectivity index is 1.53. The van der Waals surface area contributed by atoms with Crippen LogP contribution in [0.1, 0.15) is 59.7 Å². The predicted octanol–water partition coefficient (Wildman–Crippen LogP) is 3.25. The zero-order valence-corrected chi connectivity index (χ0v) is 14.0. The van der Waals surface area contributed by atoms with Gasteiger partial charge in [0.2, 0.25) is 0 Å². The number of nitrogens with zero attached hydrogens (tertiary/aromatic N) is 3. The second-order valence-electron chi connectivity index (χ2n) is 7.06. The van der Waals surface area contributed by atoms with E-state index in [1.54, 1.807) is 10.9 Å². The third-order valence-electron chi connectivity index (χ3n) is 5.20. The normalized spacial score (nSPS) is 23.1. The monoisotopic (exact) mass is 313 g/mol. The summed E-state index contributed by atoms with van der Waals surface area (Å²) >= 11 is 0. The maximum Gasteiger partial charge on any atom is 0.257 e. The van der Waals surface area contributed by atoms with Gasteiger partial charge in [-0.05, 0) is 44.2 Å². The molecule has 122 valence electrons. The molecule has 5 heteroatoms. The Labute approximate surface area is 136 Å². The molecule has 0 saturated heterocycles. The largest absolute Gasteiger partial charge is 0.464 e. The van der Waals surface area contributed by atoms with E-state index in [-0.39, 0.29) is 5.91 Å². The summed E-state index contributed by atoms with van der Waals surface area (Å²) in [6.07, 6.45) is 5.05. The van der Waals surface area contributed by atoms with E-state index in [1.165, 1.54) is 6.42 Å². The molecule has 2 atom stereocenters. The number of carbonyl (C=O) groups is 1. The van der Waals surface area contributed by atoms with Crippen LogP contribution in [0.15, 0.2) is 22.7 Å². The lowest BCUT2D eigenvalue weighted by atomic mass is 10.2. The first kappa shape index (κ1) is 14.5. The maximum absolute atomic E-state index is 12.9. The van der Waals surface area contributed by atoms with Crippen molar-refractivity contribution in [2.45, 2.75) is 51.6 Å². The summed E-state index contributed by atoms with van der Waals surface area (Å²) in [5.74, 6) is 3.34. The first-order valence-corrected chi connectivity index (χ1v) is 8.42. The quantitative estimate of drug-likeness (QED) is 0.851. The summed E-state index contributed by atoms with van der Waals surface area (Å²) < 4.78 is 7.74. The van der Waals surface area contributed by atoms with E-state index >= 15 is 0 Å². The molecule has 2 aliphatic carbocycles. The summed E-state index contributed by atoms with van der Waals surface area (Å²) in [4.78, 5) is 14.8. The average molecular weight is 313 g/mol. The Kier molecular flexibility index (Phi) is 3.32. The summed E-state index contributed by atoms with van der Waals surface area (Å²) in [7, 11) is 1.86. The van der Waals surface area contributed by atoms with Crippen molar-refractivity contribution in [3.63, 3.8) is 0 Å². The number of amides is 1. The van der Waals surface area contributed by atoms with Crippen molar-refractivity contribution in [2.75, 3.05) is 0 Å². The highest BCUT2D eigenvalue weighted by molar-refractivity contribution is 5.95. The Hall–Kier alpha value is -2.04. The third kappa shape index (κ3) is 2.69. The molecule has 2 fully saturated rings. The van der Waals surface area contributed by atoms with Gasteiger partial charge in [-0.15, -0.1) is 0 Å². The zero-order chi connectivity index (χ0) is 16.1. The number of aryl methyl sites for hydroxylation is 1. The van der Waals surface area contributed by atoms with Gasteiger partial charge in [0, 0.05) is 24.7 Å². The van der Waals surface area contributed by atoms with Crippen LogP contribution in [-0.2, 0) is 13.6 Å². The Morgan fingerprint density at radius 1 is 1.43 bits per heavy atom. The Morgan fingerprint density at radius 2 is 2.17 bits per heavy atom.